The predicted molar refractivity (Wildman–Crippen MR) is 90.2 cm³/mol. The Labute approximate surface area is 139 Å². The Morgan fingerprint density at radius 2 is 2.05 bits per heavy atom. The molecule has 0 saturated carbocycles. The summed E-state index contributed by atoms with van der Waals surface area (Å²) in [6.45, 7) is 0. The lowest BCUT2D eigenvalue weighted by molar-refractivity contribution is 1.01. The van der Waals surface area contributed by atoms with Crippen molar-refractivity contribution in [1.82, 2.24) is 9.38 Å². The van der Waals surface area contributed by atoms with Gasteiger partial charge in [-0.2, -0.15) is 0 Å². The summed E-state index contributed by atoms with van der Waals surface area (Å²) in [5.41, 5.74) is 1.30. The van der Waals surface area contributed by atoms with Gasteiger partial charge in [0.15, 0.2) is 0 Å². The van der Waals surface area contributed by atoms with Crippen molar-refractivity contribution < 1.29 is 0 Å². The normalized spacial score (nSPS) is 11.0. The maximum Gasteiger partial charge on any atom is 0.258 e. The number of hydrogen-bond donors (Lipinski definition) is 0. The second-order valence-corrected chi connectivity index (χ2v) is 6.72. The third-order valence-electron chi connectivity index (χ3n) is 2.89. The van der Waals surface area contributed by atoms with Crippen LogP contribution in [0.25, 0.3) is 5.65 Å². The standard InChI is InChI=1S/C15H10BrClN2OS/c16-10-5-6-14-18-11(7-15(20)19(14)8-10)9-21-13-4-2-1-3-12(13)17/h1-8H,9H2. The van der Waals surface area contributed by atoms with Crippen LogP contribution in [0.2, 0.25) is 5.02 Å². The van der Waals surface area contributed by atoms with E-state index in [1.165, 1.54) is 4.40 Å². The number of hydrogen-bond acceptors (Lipinski definition) is 3. The van der Waals surface area contributed by atoms with Gasteiger partial charge in [0, 0.05) is 27.4 Å². The lowest BCUT2D eigenvalue weighted by Gasteiger charge is -2.05. The number of benzene rings is 1. The minimum atomic E-state index is -0.0870. The van der Waals surface area contributed by atoms with E-state index in [1.807, 2.05) is 36.4 Å². The van der Waals surface area contributed by atoms with E-state index < -0.39 is 0 Å². The summed E-state index contributed by atoms with van der Waals surface area (Å²) in [6, 6.07) is 12.9. The quantitative estimate of drug-likeness (QED) is 0.631. The number of halogens is 2. The molecule has 0 spiro atoms. The molecular formula is C15H10BrClN2OS. The molecule has 0 bridgehead atoms. The molecule has 0 aliphatic rings. The van der Waals surface area contributed by atoms with Crippen LogP contribution in [0.1, 0.15) is 5.69 Å². The molecule has 1 aromatic carbocycles. The van der Waals surface area contributed by atoms with Crippen LogP contribution in [-0.2, 0) is 5.75 Å². The van der Waals surface area contributed by atoms with Crippen LogP contribution in [0.3, 0.4) is 0 Å². The molecular weight excluding hydrogens is 372 g/mol. The van der Waals surface area contributed by atoms with E-state index >= 15 is 0 Å². The van der Waals surface area contributed by atoms with E-state index in [0.29, 0.717) is 16.4 Å². The Bertz CT molecular complexity index is 866. The summed E-state index contributed by atoms with van der Waals surface area (Å²) in [7, 11) is 0. The summed E-state index contributed by atoms with van der Waals surface area (Å²) >= 11 is 11.0. The Morgan fingerprint density at radius 3 is 2.86 bits per heavy atom. The molecule has 0 aliphatic carbocycles. The van der Waals surface area contributed by atoms with Gasteiger partial charge in [0.1, 0.15) is 5.65 Å². The van der Waals surface area contributed by atoms with Gasteiger partial charge in [-0.05, 0) is 40.2 Å². The average molecular weight is 382 g/mol. The molecule has 0 amide bonds. The highest BCUT2D eigenvalue weighted by Gasteiger charge is 2.05. The van der Waals surface area contributed by atoms with E-state index in [0.717, 1.165) is 15.1 Å². The van der Waals surface area contributed by atoms with E-state index in [1.54, 1.807) is 24.0 Å². The third kappa shape index (κ3) is 3.31. The molecule has 3 aromatic rings. The largest absolute Gasteiger partial charge is 0.269 e. The number of rotatable bonds is 3. The number of thioether (sulfide) groups is 1. The van der Waals surface area contributed by atoms with Gasteiger partial charge in [0.05, 0.1) is 10.7 Å². The van der Waals surface area contributed by atoms with Crippen molar-refractivity contribution in [3.63, 3.8) is 0 Å². The predicted octanol–water partition coefficient (Wildman–Crippen LogP) is 4.40. The zero-order valence-electron chi connectivity index (χ0n) is 10.8. The van der Waals surface area contributed by atoms with Crippen molar-refractivity contribution in [1.29, 1.82) is 0 Å². The summed E-state index contributed by atoms with van der Waals surface area (Å²) in [4.78, 5) is 17.6. The lowest BCUT2D eigenvalue weighted by atomic mass is 10.4. The number of pyridine rings is 1. The van der Waals surface area contributed by atoms with Gasteiger partial charge in [0.25, 0.3) is 5.56 Å². The molecule has 3 nitrogen and oxygen atoms in total. The van der Waals surface area contributed by atoms with Crippen molar-refractivity contribution in [2.24, 2.45) is 0 Å². The Balaban J connectivity index is 1.90. The van der Waals surface area contributed by atoms with Crippen LogP contribution in [0.5, 0.6) is 0 Å². The molecule has 6 heteroatoms. The van der Waals surface area contributed by atoms with Gasteiger partial charge in [-0.25, -0.2) is 4.98 Å². The van der Waals surface area contributed by atoms with E-state index in [9.17, 15) is 4.79 Å². The molecule has 0 fully saturated rings. The Kier molecular flexibility index (Phi) is 4.33. The van der Waals surface area contributed by atoms with Gasteiger partial charge in [-0.1, -0.05) is 23.7 Å². The van der Waals surface area contributed by atoms with Gasteiger partial charge in [-0.15, -0.1) is 11.8 Å². The first-order valence-corrected chi connectivity index (χ1v) is 8.34. The van der Waals surface area contributed by atoms with Crippen LogP contribution in [0, 0.1) is 0 Å². The first-order valence-electron chi connectivity index (χ1n) is 6.19. The highest BCUT2D eigenvalue weighted by molar-refractivity contribution is 9.10. The number of nitrogens with zero attached hydrogens (tertiary/aromatic N) is 2. The van der Waals surface area contributed by atoms with E-state index in [-0.39, 0.29) is 5.56 Å². The van der Waals surface area contributed by atoms with Crippen LogP contribution >= 0.6 is 39.3 Å². The molecule has 0 saturated heterocycles. The van der Waals surface area contributed by atoms with E-state index in [4.69, 9.17) is 11.6 Å². The second kappa shape index (κ2) is 6.22. The Hall–Kier alpha value is -1.30. The molecule has 3 rings (SSSR count). The summed E-state index contributed by atoms with van der Waals surface area (Å²) < 4.78 is 2.37. The SMILES string of the molecule is O=c1cc(CSc2ccccc2Cl)nc2ccc(Br)cn12. The molecule has 2 aromatic heterocycles. The fourth-order valence-electron chi connectivity index (χ4n) is 1.91. The highest BCUT2D eigenvalue weighted by atomic mass is 79.9. The summed E-state index contributed by atoms with van der Waals surface area (Å²) in [5, 5.41) is 0.712. The third-order valence-corrected chi connectivity index (χ3v) is 4.91. The van der Waals surface area contributed by atoms with Crippen LogP contribution in [-0.4, -0.2) is 9.38 Å². The molecule has 21 heavy (non-hydrogen) atoms. The van der Waals surface area contributed by atoms with Crippen molar-refractivity contribution in [2.75, 3.05) is 0 Å². The topological polar surface area (TPSA) is 34.4 Å². The van der Waals surface area contributed by atoms with Crippen LogP contribution in [0.15, 0.2) is 62.8 Å². The Morgan fingerprint density at radius 1 is 1.24 bits per heavy atom. The first-order chi connectivity index (χ1) is 10.1. The van der Waals surface area contributed by atoms with Crippen LogP contribution in [0.4, 0.5) is 0 Å². The average Bonchev–Trinajstić information content (AvgIpc) is 2.47. The molecule has 0 radical (unpaired) electrons. The van der Waals surface area contributed by atoms with E-state index in [2.05, 4.69) is 20.9 Å². The zero-order valence-corrected chi connectivity index (χ0v) is 14.0. The van der Waals surface area contributed by atoms with Crippen molar-refractivity contribution in [2.45, 2.75) is 10.6 Å². The molecule has 0 atom stereocenters. The second-order valence-electron chi connectivity index (χ2n) is 4.38. The molecule has 0 aliphatic heterocycles. The van der Waals surface area contributed by atoms with Gasteiger partial charge < -0.3 is 0 Å². The molecule has 0 unspecified atom stereocenters. The summed E-state index contributed by atoms with van der Waals surface area (Å²) in [5.74, 6) is 0.603. The minimum Gasteiger partial charge on any atom is -0.269 e. The number of fused-ring (bicyclic) bond motifs is 1. The molecule has 2 heterocycles. The first kappa shape index (κ1) is 14.6. The zero-order chi connectivity index (χ0) is 14.8. The smallest absolute Gasteiger partial charge is 0.258 e. The van der Waals surface area contributed by atoms with Crippen molar-refractivity contribution in [3.8, 4) is 0 Å². The number of aromatic nitrogens is 2. The van der Waals surface area contributed by atoms with Gasteiger partial charge in [-0.3, -0.25) is 9.20 Å². The van der Waals surface area contributed by atoms with Crippen molar-refractivity contribution >= 4 is 44.9 Å². The van der Waals surface area contributed by atoms with Crippen molar-refractivity contribution in [3.05, 3.63) is 74.2 Å². The minimum absolute atomic E-state index is 0.0870. The maximum absolute atomic E-state index is 12.1. The monoisotopic (exact) mass is 380 g/mol. The van der Waals surface area contributed by atoms with Gasteiger partial charge >= 0.3 is 0 Å². The maximum atomic E-state index is 12.1. The lowest BCUT2D eigenvalue weighted by Crippen LogP contribution is -2.15. The fraction of sp³-hybridized carbons (Fsp3) is 0.0667. The molecule has 106 valence electrons. The highest BCUT2D eigenvalue weighted by Crippen LogP contribution is 2.28. The fourth-order valence-corrected chi connectivity index (χ4v) is 3.38. The van der Waals surface area contributed by atoms with Crippen LogP contribution < -0.4 is 5.56 Å². The summed E-state index contributed by atoms with van der Waals surface area (Å²) in [6.07, 6.45) is 1.72. The van der Waals surface area contributed by atoms with Gasteiger partial charge in [0.2, 0.25) is 0 Å². The molecule has 0 N–H and O–H groups in total.